The fourth-order valence-corrected chi connectivity index (χ4v) is 1.13. The van der Waals surface area contributed by atoms with Crippen molar-refractivity contribution >= 4 is 11.9 Å². The van der Waals surface area contributed by atoms with Crippen LogP contribution < -0.4 is 4.74 Å². The fourth-order valence-electron chi connectivity index (χ4n) is 1.13. The highest BCUT2D eigenvalue weighted by Gasteiger charge is 2.01. The van der Waals surface area contributed by atoms with E-state index in [2.05, 4.69) is 0 Å². The first-order chi connectivity index (χ1) is 7.58. The van der Waals surface area contributed by atoms with Gasteiger partial charge in [0.05, 0.1) is 19.4 Å². The number of hydrogen-bond acceptors (Lipinski definition) is 3. The van der Waals surface area contributed by atoms with Crippen LogP contribution in [0.15, 0.2) is 24.3 Å². The normalized spacial score (nSPS) is 9.75. The highest BCUT2D eigenvalue weighted by molar-refractivity contribution is 5.70. The Morgan fingerprint density at radius 3 is 2.19 bits per heavy atom. The maximum absolute atomic E-state index is 10.4. The van der Waals surface area contributed by atoms with Crippen LogP contribution in [0.2, 0.25) is 0 Å². The molecule has 1 rings (SSSR count). The van der Waals surface area contributed by atoms with Gasteiger partial charge in [-0.25, -0.2) is 0 Å². The molecule has 1 aromatic carbocycles. The SMILES string of the molecule is O=C(O)CCOc1ccc(CC(=O)O)cc1. The number of rotatable bonds is 6. The lowest BCUT2D eigenvalue weighted by molar-refractivity contribution is -0.138. The standard InChI is InChI=1S/C11H12O5/c12-10(13)5-6-16-9-3-1-8(2-4-9)7-11(14)15/h1-4H,5-7H2,(H,12,13)(H,14,15). The lowest BCUT2D eigenvalue weighted by atomic mass is 10.1. The quantitative estimate of drug-likeness (QED) is 0.757. The lowest BCUT2D eigenvalue weighted by Crippen LogP contribution is -2.05. The minimum atomic E-state index is -0.914. The molecule has 0 heterocycles. The molecule has 86 valence electrons. The van der Waals surface area contributed by atoms with Gasteiger partial charge in [0.25, 0.3) is 0 Å². The van der Waals surface area contributed by atoms with Crippen LogP contribution in [-0.2, 0) is 16.0 Å². The smallest absolute Gasteiger partial charge is 0.307 e. The van der Waals surface area contributed by atoms with Crippen molar-refractivity contribution < 1.29 is 24.5 Å². The van der Waals surface area contributed by atoms with Crippen molar-refractivity contribution in [3.63, 3.8) is 0 Å². The van der Waals surface area contributed by atoms with Gasteiger partial charge < -0.3 is 14.9 Å². The Balaban J connectivity index is 2.45. The molecule has 16 heavy (non-hydrogen) atoms. The van der Waals surface area contributed by atoms with E-state index in [1.807, 2.05) is 0 Å². The number of carboxylic acid groups (broad SMARTS) is 2. The predicted octanol–water partition coefficient (Wildman–Crippen LogP) is 1.17. The van der Waals surface area contributed by atoms with Crippen LogP contribution in [0.1, 0.15) is 12.0 Å². The van der Waals surface area contributed by atoms with Gasteiger partial charge in [0.15, 0.2) is 0 Å². The van der Waals surface area contributed by atoms with Crippen molar-refractivity contribution in [3.8, 4) is 5.75 Å². The number of hydrogen-bond donors (Lipinski definition) is 2. The molecule has 1 aromatic rings. The minimum absolute atomic E-state index is 0.0323. The van der Waals surface area contributed by atoms with Crippen molar-refractivity contribution in [1.82, 2.24) is 0 Å². The summed E-state index contributed by atoms with van der Waals surface area (Å²) in [5, 5.41) is 16.9. The molecule has 0 aliphatic rings. The number of carboxylic acids is 2. The molecular formula is C11H12O5. The molecular weight excluding hydrogens is 212 g/mol. The van der Waals surface area contributed by atoms with Crippen LogP contribution in [0.25, 0.3) is 0 Å². The van der Waals surface area contributed by atoms with E-state index in [1.54, 1.807) is 24.3 Å². The molecule has 0 spiro atoms. The summed E-state index contributed by atoms with van der Waals surface area (Å²) in [6, 6.07) is 6.54. The van der Waals surface area contributed by atoms with E-state index in [0.717, 1.165) is 0 Å². The van der Waals surface area contributed by atoms with E-state index in [9.17, 15) is 9.59 Å². The molecule has 0 saturated heterocycles. The van der Waals surface area contributed by atoms with Crippen LogP contribution in [0, 0.1) is 0 Å². The molecule has 5 nitrogen and oxygen atoms in total. The maximum atomic E-state index is 10.4. The van der Waals surface area contributed by atoms with Crippen molar-refractivity contribution in [3.05, 3.63) is 29.8 Å². The second kappa shape index (κ2) is 5.75. The van der Waals surface area contributed by atoms with Gasteiger partial charge in [0, 0.05) is 0 Å². The molecule has 0 saturated carbocycles. The number of carbonyl (C=O) groups is 2. The summed E-state index contributed by atoms with van der Waals surface area (Å²) in [5.41, 5.74) is 0.679. The van der Waals surface area contributed by atoms with Gasteiger partial charge in [-0.1, -0.05) is 12.1 Å². The third kappa shape index (κ3) is 4.45. The fraction of sp³-hybridized carbons (Fsp3) is 0.273. The molecule has 5 heteroatoms. The Kier molecular flexibility index (Phi) is 4.32. The van der Waals surface area contributed by atoms with Crippen LogP contribution in [-0.4, -0.2) is 28.8 Å². The zero-order valence-corrected chi connectivity index (χ0v) is 8.55. The Morgan fingerprint density at radius 2 is 1.69 bits per heavy atom. The van der Waals surface area contributed by atoms with E-state index < -0.39 is 11.9 Å². The van der Waals surface area contributed by atoms with E-state index >= 15 is 0 Å². The Bertz CT molecular complexity index is 368. The molecule has 0 aromatic heterocycles. The van der Waals surface area contributed by atoms with Crippen LogP contribution in [0.5, 0.6) is 5.75 Å². The molecule has 2 N–H and O–H groups in total. The Morgan fingerprint density at radius 1 is 1.06 bits per heavy atom. The molecule has 0 atom stereocenters. The van der Waals surface area contributed by atoms with Gasteiger partial charge >= 0.3 is 11.9 Å². The van der Waals surface area contributed by atoms with Gasteiger partial charge in [-0.2, -0.15) is 0 Å². The van der Waals surface area contributed by atoms with E-state index in [4.69, 9.17) is 14.9 Å². The van der Waals surface area contributed by atoms with Gasteiger partial charge in [-0.3, -0.25) is 9.59 Å². The van der Waals surface area contributed by atoms with Crippen LogP contribution in [0.4, 0.5) is 0 Å². The average molecular weight is 224 g/mol. The van der Waals surface area contributed by atoms with Crippen LogP contribution in [0.3, 0.4) is 0 Å². The van der Waals surface area contributed by atoms with Crippen molar-refractivity contribution in [2.24, 2.45) is 0 Å². The predicted molar refractivity (Wildman–Crippen MR) is 55.5 cm³/mol. The molecule has 0 aliphatic heterocycles. The zero-order valence-electron chi connectivity index (χ0n) is 8.55. The van der Waals surface area contributed by atoms with Crippen LogP contribution >= 0.6 is 0 Å². The first-order valence-corrected chi connectivity index (χ1v) is 4.73. The number of benzene rings is 1. The lowest BCUT2D eigenvalue weighted by Gasteiger charge is -2.04. The molecule has 0 amide bonds. The zero-order chi connectivity index (χ0) is 12.0. The molecule has 0 radical (unpaired) electrons. The number of aliphatic carboxylic acids is 2. The summed E-state index contributed by atoms with van der Waals surface area (Å²) in [6.07, 6.45) is -0.0910. The molecule has 0 fully saturated rings. The Hall–Kier alpha value is -2.04. The number of ether oxygens (including phenoxy) is 1. The van der Waals surface area contributed by atoms with E-state index in [0.29, 0.717) is 11.3 Å². The van der Waals surface area contributed by atoms with E-state index in [1.165, 1.54) is 0 Å². The first kappa shape index (κ1) is 12.0. The highest BCUT2D eigenvalue weighted by atomic mass is 16.5. The highest BCUT2D eigenvalue weighted by Crippen LogP contribution is 2.12. The monoisotopic (exact) mass is 224 g/mol. The molecule has 0 bridgehead atoms. The summed E-state index contributed by atoms with van der Waals surface area (Å²) < 4.78 is 5.15. The summed E-state index contributed by atoms with van der Waals surface area (Å²) in [6.45, 7) is 0.105. The topological polar surface area (TPSA) is 83.8 Å². The second-order valence-electron chi connectivity index (χ2n) is 3.21. The molecule has 0 unspecified atom stereocenters. The third-order valence-electron chi connectivity index (χ3n) is 1.86. The first-order valence-electron chi connectivity index (χ1n) is 4.73. The summed E-state index contributed by atoms with van der Waals surface area (Å²) in [4.78, 5) is 20.6. The third-order valence-corrected chi connectivity index (χ3v) is 1.86. The summed E-state index contributed by atoms with van der Waals surface area (Å²) >= 11 is 0. The van der Waals surface area contributed by atoms with Gasteiger partial charge in [0.2, 0.25) is 0 Å². The van der Waals surface area contributed by atoms with Gasteiger partial charge in [-0.15, -0.1) is 0 Å². The van der Waals surface area contributed by atoms with Gasteiger partial charge in [-0.05, 0) is 17.7 Å². The summed E-state index contributed by atoms with van der Waals surface area (Å²) in [5.74, 6) is -1.27. The summed E-state index contributed by atoms with van der Waals surface area (Å²) in [7, 11) is 0. The average Bonchev–Trinajstić information content (AvgIpc) is 2.19. The molecule has 0 aliphatic carbocycles. The maximum Gasteiger partial charge on any atom is 0.307 e. The second-order valence-corrected chi connectivity index (χ2v) is 3.21. The largest absolute Gasteiger partial charge is 0.493 e. The Labute approximate surface area is 92.3 Å². The van der Waals surface area contributed by atoms with Crippen molar-refractivity contribution in [2.45, 2.75) is 12.8 Å². The van der Waals surface area contributed by atoms with Crippen molar-refractivity contribution in [2.75, 3.05) is 6.61 Å². The van der Waals surface area contributed by atoms with Crippen molar-refractivity contribution in [1.29, 1.82) is 0 Å². The minimum Gasteiger partial charge on any atom is -0.493 e. The van der Waals surface area contributed by atoms with E-state index in [-0.39, 0.29) is 19.4 Å². The van der Waals surface area contributed by atoms with Gasteiger partial charge in [0.1, 0.15) is 5.75 Å².